The molecule has 3 rings (SSSR count). The van der Waals surface area contributed by atoms with Gasteiger partial charge in [0.25, 0.3) is 0 Å². The average Bonchev–Trinajstić information content (AvgIpc) is 2.45. The molecular weight excluding hydrogens is 288 g/mol. The average molecular weight is 302 g/mol. The standard InChI is InChI=1S/C16H14O4S/c1-9-7-13-15(16(18)19-9)12(8-14(17)20-13)10-3-5-11(21-2)6-4-10/h3-7,12H,8H2,1-2H3. The van der Waals surface area contributed by atoms with E-state index in [1.807, 2.05) is 30.5 Å². The number of aryl methyl sites for hydroxylation is 1. The number of hydrogen-bond donors (Lipinski definition) is 0. The fraction of sp³-hybridized carbons (Fsp3) is 0.250. The summed E-state index contributed by atoms with van der Waals surface area (Å²) in [5.41, 5.74) is 0.912. The lowest BCUT2D eigenvalue weighted by atomic mass is 9.87. The second-order valence-corrected chi connectivity index (χ2v) is 5.81. The van der Waals surface area contributed by atoms with E-state index in [2.05, 4.69) is 0 Å². The number of carbonyl (C=O) groups is 1. The van der Waals surface area contributed by atoms with Crippen LogP contribution in [0.3, 0.4) is 0 Å². The molecule has 1 aromatic carbocycles. The Balaban J connectivity index is 2.12. The van der Waals surface area contributed by atoms with E-state index in [1.165, 1.54) is 0 Å². The number of carbonyl (C=O) groups excluding carboxylic acids is 1. The molecule has 0 bridgehead atoms. The first-order chi connectivity index (χ1) is 10.1. The van der Waals surface area contributed by atoms with E-state index >= 15 is 0 Å². The third-order valence-corrected chi connectivity index (χ3v) is 4.28. The summed E-state index contributed by atoms with van der Waals surface area (Å²) < 4.78 is 10.3. The molecule has 108 valence electrons. The third-order valence-electron chi connectivity index (χ3n) is 3.53. The number of ether oxygens (including phenoxy) is 1. The summed E-state index contributed by atoms with van der Waals surface area (Å²) in [7, 11) is 0. The van der Waals surface area contributed by atoms with Gasteiger partial charge in [0.15, 0.2) is 0 Å². The van der Waals surface area contributed by atoms with E-state index < -0.39 is 5.63 Å². The number of hydrogen-bond acceptors (Lipinski definition) is 5. The Hall–Kier alpha value is -2.01. The van der Waals surface area contributed by atoms with Crippen molar-refractivity contribution in [1.82, 2.24) is 0 Å². The van der Waals surface area contributed by atoms with Crippen LogP contribution in [0.2, 0.25) is 0 Å². The quantitative estimate of drug-likeness (QED) is 0.630. The summed E-state index contributed by atoms with van der Waals surface area (Å²) in [6.07, 6.45) is 2.15. The second kappa shape index (κ2) is 5.41. The van der Waals surface area contributed by atoms with Gasteiger partial charge in [-0.1, -0.05) is 12.1 Å². The Kier molecular flexibility index (Phi) is 3.59. The van der Waals surface area contributed by atoms with Crippen LogP contribution in [0.5, 0.6) is 5.75 Å². The van der Waals surface area contributed by atoms with Crippen molar-refractivity contribution in [2.45, 2.75) is 24.2 Å². The zero-order valence-corrected chi connectivity index (χ0v) is 12.5. The Labute approximate surface area is 126 Å². The summed E-state index contributed by atoms with van der Waals surface area (Å²) in [5.74, 6) is 0.115. The van der Waals surface area contributed by atoms with E-state index in [1.54, 1.807) is 24.8 Å². The van der Waals surface area contributed by atoms with Crippen LogP contribution >= 0.6 is 11.8 Å². The zero-order chi connectivity index (χ0) is 15.0. The topological polar surface area (TPSA) is 56.5 Å². The highest BCUT2D eigenvalue weighted by atomic mass is 32.2. The molecule has 5 heteroatoms. The Morgan fingerprint density at radius 2 is 1.90 bits per heavy atom. The van der Waals surface area contributed by atoms with Crippen molar-refractivity contribution in [3.8, 4) is 5.75 Å². The largest absolute Gasteiger partial charge is 0.428 e. The molecule has 0 radical (unpaired) electrons. The van der Waals surface area contributed by atoms with Gasteiger partial charge in [0.1, 0.15) is 11.5 Å². The van der Waals surface area contributed by atoms with Gasteiger partial charge in [-0.15, -0.1) is 11.8 Å². The molecule has 1 aliphatic heterocycles. The fourth-order valence-electron chi connectivity index (χ4n) is 2.55. The van der Waals surface area contributed by atoms with E-state index in [0.29, 0.717) is 17.1 Å². The van der Waals surface area contributed by atoms with Crippen LogP contribution in [-0.2, 0) is 4.79 Å². The monoisotopic (exact) mass is 302 g/mol. The smallest absolute Gasteiger partial charge is 0.343 e. The molecule has 0 saturated heterocycles. The molecule has 1 aliphatic rings. The van der Waals surface area contributed by atoms with Gasteiger partial charge in [0, 0.05) is 16.9 Å². The molecule has 21 heavy (non-hydrogen) atoms. The summed E-state index contributed by atoms with van der Waals surface area (Å²) in [6.45, 7) is 1.66. The molecule has 0 spiro atoms. The predicted octanol–water partition coefficient (Wildman–Crippen LogP) is 3.11. The number of esters is 1. The van der Waals surface area contributed by atoms with Gasteiger partial charge in [-0.3, -0.25) is 4.79 Å². The summed E-state index contributed by atoms with van der Waals surface area (Å²) in [5, 5.41) is 0. The highest BCUT2D eigenvalue weighted by Crippen LogP contribution is 2.37. The highest BCUT2D eigenvalue weighted by molar-refractivity contribution is 7.98. The predicted molar refractivity (Wildman–Crippen MR) is 80.0 cm³/mol. The van der Waals surface area contributed by atoms with Crippen molar-refractivity contribution < 1.29 is 13.9 Å². The molecule has 2 aromatic rings. The van der Waals surface area contributed by atoms with Gasteiger partial charge in [-0.2, -0.15) is 0 Å². The first-order valence-electron chi connectivity index (χ1n) is 6.57. The second-order valence-electron chi connectivity index (χ2n) is 4.93. The molecule has 0 N–H and O–H groups in total. The lowest BCUT2D eigenvalue weighted by molar-refractivity contribution is -0.135. The lowest BCUT2D eigenvalue weighted by Crippen LogP contribution is -2.26. The first-order valence-corrected chi connectivity index (χ1v) is 7.80. The highest BCUT2D eigenvalue weighted by Gasteiger charge is 2.32. The van der Waals surface area contributed by atoms with Crippen molar-refractivity contribution in [1.29, 1.82) is 0 Å². The van der Waals surface area contributed by atoms with Crippen LogP contribution in [0.25, 0.3) is 0 Å². The minimum absolute atomic E-state index is 0.152. The van der Waals surface area contributed by atoms with Gasteiger partial charge in [0.2, 0.25) is 0 Å². The molecule has 1 unspecified atom stereocenters. The number of fused-ring (bicyclic) bond motifs is 1. The van der Waals surface area contributed by atoms with Crippen LogP contribution in [0.15, 0.2) is 44.4 Å². The van der Waals surface area contributed by atoms with Gasteiger partial charge in [0.05, 0.1) is 12.0 Å². The van der Waals surface area contributed by atoms with E-state index in [4.69, 9.17) is 9.15 Å². The van der Waals surface area contributed by atoms with Crippen molar-refractivity contribution in [3.05, 3.63) is 57.6 Å². The molecule has 0 saturated carbocycles. The zero-order valence-electron chi connectivity index (χ0n) is 11.7. The SMILES string of the molecule is CSc1ccc(C2CC(=O)Oc3cc(C)oc(=O)c32)cc1. The van der Waals surface area contributed by atoms with Gasteiger partial charge >= 0.3 is 11.6 Å². The van der Waals surface area contributed by atoms with Crippen LogP contribution in [0.1, 0.15) is 29.2 Å². The third kappa shape index (κ3) is 2.61. The van der Waals surface area contributed by atoms with Gasteiger partial charge in [-0.25, -0.2) is 4.79 Å². The van der Waals surface area contributed by atoms with Crippen LogP contribution in [0, 0.1) is 6.92 Å². The Morgan fingerprint density at radius 1 is 1.19 bits per heavy atom. The van der Waals surface area contributed by atoms with Crippen molar-refractivity contribution in [2.24, 2.45) is 0 Å². The minimum atomic E-state index is -0.434. The van der Waals surface area contributed by atoms with E-state index in [-0.39, 0.29) is 18.3 Å². The normalized spacial score (nSPS) is 17.2. The van der Waals surface area contributed by atoms with Crippen molar-refractivity contribution in [3.63, 3.8) is 0 Å². The molecule has 0 amide bonds. The molecule has 0 fully saturated rings. The molecule has 2 heterocycles. The molecular formula is C16H14O4S. The van der Waals surface area contributed by atoms with Crippen LogP contribution < -0.4 is 10.4 Å². The van der Waals surface area contributed by atoms with Gasteiger partial charge < -0.3 is 9.15 Å². The molecule has 0 aliphatic carbocycles. The Bertz CT molecular complexity index is 746. The molecule has 4 nitrogen and oxygen atoms in total. The summed E-state index contributed by atoms with van der Waals surface area (Å²) >= 11 is 1.64. The molecule has 1 aromatic heterocycles. The Morgan fingerprint density at radius 3 is 2.57 bits per heavy atom. The summed E-state index contributed by atoms with van der Waals surface area (Å²) in [4.78, 5) is 25.1. The number of benzene rings is 1. The number of rotatable bonds is 2. The summed E-state index contributed by atoms with van der Waals surface area (Å²) in [6, 6.07) is 9.44. The fourth-order valence-corrected chi connectivity index (χ4v) is 2.95. The first kappa shape index (κ1) is 13.9. The van der Waals surface area contributed by atoms with Gasteiger partial charge in [-0.05, 0) is 30.9 Å². The maximum Gasteiger partial charge on any atom is 0.343 e. The van der Waals surface area contributed by atoms with E-state index in [9.17, 15) is 9.59 Å². The maximum absolute atomic E-state index is 12.1. The minimum Gasteiger partial charge on any atom is -0.428 e. The van der Waals surface area contributed by atoms with Crippen molar-refractivity contribution in [2.75, 3.05) is 6.26 Å². The number of thioether (sulfide) groups is 1. The molecule has 1 atom stereocenters. The van der Waals surface area contributed by atoms with Crippen LogP contribution in [-0.4, -0.2) is 12.2 Å². The van der Waals surface area contributed by atoms with Crippen LogP contribution in [0.4, 0.5) is 0 Å². The maximum atomic E-state index is 12.1. The van der Waals surface area contributed by atoms with Crippen molar-refractivity contribution >= 4 is 17.7 Å². The van der Waals surface area contributed by atoms with E-state index in [0.717, 1.165) is 10.5 Å². The lowest BCUT2D eigenvalue weighted by Gasteiger charge is -2.23.